The minimum Gasteiger partial charge on any atom is -0.379 e. The van der Waals surface area contributed by atoms with Gasteiger partial charge in [0, 0.05) is 37.6 Å². The average Bonchev–Trinajstić information content (AvgIpc) is 3.03. The Morgan fingerprint density at radius 2 is 2.14 bits per heavy atom. The normalized spacial score (nSPS) is 19.0. The molecular weight excluding hydrogens is 298 g/mol. The fourth-order valence-electron chi connectivity index (χ4n) is 3.01. The maximum absolute atomic E-state index is 12.2. The molecule has 0 saturated carbocycles. The van der Waals surface area contributed by atoms with Gasteiger partial charge < -0.3 is 15.0 Å². The molecule has 6 heteroatoms. The maximum atomic E-state index is 12.2. The summed E-state index contributed by atoms with van der Waals surface area (Å²) in [6.45, 7) is 7.29. The van der Waals surface area contributed by atoms with Crippen LogP contribution in [0.3, 0.4) is 0 Å². The molecule has 0 bridgehead atoms. The molecule has 0 unspecified atom stereocenters. The smallest absolute Gasteiger partial charge is 0.317 e. The predicted octanol–water partition coefficient (Wildman–Crippen LogP) is 1.93. The summed E-state index contributed by atoms with van der Waals surface area (Å²) in [5.74, 6) is 0. The summed E-state index contributed by atoms with van der Waals surface area (Å²) in [5.41, 5.74) is 1.32. The zero-order valence-corrected chi connectivity index (χ0v) is 13.9. The van der Waals surface area contributed by atoms with Crippen molar-refractivity contribution in [3.8, 4) is 0 Å². The SMILES string of the molecule is O=C(NCCCCN1CCOCC1)N1CCc2sccc2C1. The molecule has 22 heavy (non-hydrogen) atoms. The van der Waals surface area contributed by atoms with Crippen molar-refractivity contribution in [1.82, 2.24) is 15.1 Å². The second-order valence-electron chi connectivity index (χ2n) is 5.93. The Hall–Kier alpha value is -1.11. The third-order valence-corrected chi connectivity index (χ3v) is 5.40. The molecule has 1 aromatic heterocycles. The van der Waals surface area contributed by atoms with E-state index in [1.165, 1.54) is 10.4 Å². The number of nitrogens with one attached hydrogen (secondary N) is 1. The van der Waals surface area contributed by atoms with Crippen molar-refractivity contribution in [1.29, 1.82) is 0 Å². The van der Waals surface area contributed by atoms with Gasteiger partial charge in [-0.05, 0) is 42.8 Å². The lowest BCUT2D eigenvalue weighted by atomic mass is 10.1. The highest BCUT2D eigenvalue weighted by Gasteiger charge is 2.20. The van der Waals surface area contributed by atoms with Crippen LogP contribution in [0.1, 0.15) is 23.3 Å². The third-order valence-electron chi connectivity index (χ3n) is 4.38. The highest BCUT2D eigenvalue weighted by Crippen LogP contribution is 2.23. The van der Waals surface area contributed by atoms with E-state index in [1.54, 1.807) is 11.3 Å². The van der Waals surface area contributed by atoms with Crippen LogP contribution in [0.4, 0.5) is 4.79 Å². The molecular formula is C16H25N3O2S. The third kappa shape index (κ3) is 4.21. The molecule has 1 aromatic rings. The van der Waals surface area contributed by atoms with E-state index in [1.807, 2.05) is 4.90 Å². The lowest BCUT2D eigenvalue weighted by Crippen LogP contribution is -2.42. The number of carbonyl (C=O) groups is 1. The number of ether oxygens (including phenoxy) is 1. The summed E-state index contributed by atoms with van der Waals surface area (Å²) in [6.07, 6.45) is 3.17. The second kappa shape index (κ2) is 7.94. The van der Waals surface area contributed by atoms with Crippen molar-refractivity contribution in [2.75, 3.05) is 45.9 Å². The van der Waals surface area contributed by atoms with Crippen LogP contribution in [0.15, 0.2) is 11.4 Å². The lowest BCUT2D eigenvalue weighted by Gasteiger charge is -2.27. The minimum absolute atomic E-state index is 0.0863. The number of rotatable bonds is 5. The molecule has 0 aromatic carbocycles. The number of urea groups is 1. The summed E-state index contributed by atoms with van der Waals surface area (Å²) in [5, 5.41) is 5.18. The number of amides is 2. The molecule has 2 aliphatic heterocycles. The number of unbranched alkanes of at least 4 members (excludes halogenated alkanes) is 1. The minimum atomic E-state index is 0.0863. The van der Waals surface area contributed by atoms with Crippen molar-refractivity contribution in [3.05, 3.63) is 21.9 Å². The number of fused-ring (bicyclic) bond motifs is 1. The molecule has 1 fully saturated rings. The first-order valence-electron chi connectivity index (χ1n) is 8.21. The van der Waals surface area contributed by atoms with Crippen LogP contribution in [0, 0.1) is 0 Å². The van der Waals surface area contributed by atoms with Gasteiger partial charge in [-0.25, -0.2) is 4.79 Å². The zero-order valence-electron chi connectivity index (χ0n) is 13.1. The van der Waals surface area contributed by atoms with Crippen LogP contribution in [-0.2, 0) is 17.7 Å². The Kier molecular flexibility index (Phi) is 5.70. The van der Waals surface area contributed by atoms with Crippen molar-refractivity contribution in [3.63, 3.8) is 0 Å². The van der Waals surface area contributed by atoms with Crippen molar-refractivity contribution < 1.29 is 9.53 Å². The van der Waals surface area contributed by atoms with E-state index in [9.17, 15) is 4.79 Å². The number of hydrogen-bond donors (Lipinski definition) is 1. The largest absolute Gasteiger partial charge is 0.379 e. The molecule has 2 aliphatic rings. The van der Waals surface area contributed by atoms with Gasteiger partial charge in [0.1, 0.15) is 0 Å². The molecule has 1 saturated heterocycles. The van der Waals surface area contributed by atoms with Crippen molar-refractivity contribution >= 4 is 17.4 Å². The van der Waals surface area contributed by atoms with Gasteiger partial charge in [-0.2, -0.15) is 0 Å². The van der Waals surface area contributed by atoms with E-state index in [-0.39, 0.29) is 6.03 Å². The first-order valence-corrected chi connectivity index (χ1v) is 9.09. The molecule has 0 atom stereocenters. The highest BCUT2D eigenvalue weighted by atomic mass is 32.1. The second-order valence-corrected chi connectivity index (χ2v) is 6.93. The van der Waals surface area contributed by atoms with Crippen molar-refractivity contribution in [2.45, 2.75) is 25.8 Å². The number of hydrogen-bond acceptors (Lipinski definition) is 4. The van der Waals surface area contributed by atoms with E-state index in [0.29, 0.717) is 0 Å². The Bertz CT molecular complexity index is 485. The maximum Gasteiger partial charge on any atom is 0.317 e. The van der Waals surface area contributed by atoms with E-state index in [4.69, 9.17) is 4.74 Å². The Morgan fingerprint density at radius 3 is 3.00 bits per heavy atom. The summed E-state index contributed by atoms with van der Waals surface area (Å²) in [6, 6.07) is 2.23. The Labute approximate surface area is 136 Å². The standard InChI is InChI=1S/C16H25N3O2S/c20-16(19-7-3-15-14(13-19)4-12-22-15)17-5-1-2-6-18-8-10-21-11-9-18/h4,12H,1-3,5-11,13H2,(H,17,20). The fourth-order valence-corrected chi connectivity index (χ4v) is 3.90. The van der Waals surface area contributed by atoms with Gasteiger partial charge >= 0.3 is 6.03 Å². The van der Waals surface area contributed by atoms with Gasteiger partial charge in [0.05, 0.1) is 13.2 Å². The van der Waals surface area contributed by atoms with Gasteiger partial charge in [-0.1, -0.05) is 0 Å². The van der Waals surface area contributed by atoms with E-state index in [0.717, 1.165) is 71.7 Å². The number of morpholine rings is 1. The van der Waals surface area contributed by atoms with Crippen LogP contribution in [-0.4, -0.2) is 61.8 Å². The van der Waals surface area contributed by atoms with E-state index >= 15 is 0 Å². The summed E-state index contributed by atoms with van der Waals surface area (Å²) < 4.78 is 5.34. The number of thiophene rings is 1. The van der Waals surface area contributed by atoms with Crippen LogP contribution >= 0.6 is 11.3 Å². The van der Waals surface area contributed by atoms with Gasteiger partial charge in [-0.15, -0.1) is 11.3 Å². The fraction of sp³-hybridized carbons (Fsp3) is 0.688. The summed E-state index contributed by atoms with van der Waals surface area (Å²) >= 11 is 1.81. The Balaban J connectivity index is 1.30. The first-order chi connectivity index (χ1) is 10.8. The van der Waals surface area contributed by atoms with Crippen LogP contribution in [0.25, 0.3) is 0 Å². The molecule has 0 spiro atoms. The molecule has 2 amide bonds. The van der Waals surface area contributed by atoms with Crippen molar-refractivity contribution in [2.24, 2.45) is 0 Å². The average molecular weight is 323 g/mol. The molecule has 1 N–H and O–H groups in total. The van der Waals surface area contributed by atoms with Crippen LogP contribution in [0.5, 0.6) is 0 Å². The van der Waals surface area contributed by atoms with Gasteiger partial charge in [0.2, 0.25) is 0 Å². The molecule has 0 aliphatic carbocycles. The van der Waals surface area contributed by atoms with Gasteiger partial charge in [0.15, 0.2) is 0 Å². The molecule has 3 heterocycles. The summed E-state index contributed by atoms with van der Waals surface area (Å²) in [4.78, 5) is 18.0. The Morgan fingerprint density at radius 1 is 1.27 bits per heavy atom. The monoisotopic (exact) mass is 323 g/mol. The lowest BCUT2D eigenvalue weighted by molar-refractivity contribution is 0.0372. The molecule has 0 radical (unpaired) electrons. The molecule has 3 rings (SSSR count). The quantitative estimate of drug-likeness (QED) is 0.842. The van der Waals surface area contributed by atoms with Gasteiger partial charge in [0.25, 0.3) is 0 Å². The van der Waals surface area contributed by atoms with Crippen LogP contribution in [0.2, 0.25) is 0 Å². The number of carbonyl (C=O) groups excluding carboxylic acids is 1. The molecule has 5 nitrogen and oxygen atoms in total. The molecule has 122 valence electrons. The predicted molar refractivity (Wildman–Crippen MR) is 88.3 cm³/mol. The van der Waals surface area contributed by atoms with Gasteiger partial charge in [-0.3, -0.25) is 4.90 Å². The number of nitrogens with zero attached hydrogens (tertiary/aromatic N) is 2. The first kappa shape index (κ1) is 15.8. The van der Waals surface area contributed by atoms with Crippen LogP contribution < -0.4 is 5.32 Å². The summed E-state index contributed by atoms with van der Waals surface area (Å²) in [7, 11) is 0. The zero-order chi connectivity index (χ0) is 15.2. The van der Waals surface area contributed by atoms with E-state index in [2.05, 4.69) is 21.7 Å². The van der Waals surface area contributed by atoms with E-state index < -0.39 is 0 Å². The topological polar surface area (TPSA) is 44.8 Å². The highest BCUT2D eigenvalue weighted by molar-refractivity contribution is 7.10.